The smallest absolute Gasteiger partial charge is 0.453 e. The fraction of sp³-hybridized carbons (Fsp3) is 0.250. The molecule has 1 aromatic carbocycles. The van der Waals surface area contributed by atoms with E-state index in [-0.39, 0.29) is 13.2 Å². The SMILES string of the molecule is O=C(Nc1ccc(Cl)cc1)C1=C(C(F)(F)F)OCCO1. The first-order chi connectivity index (χ1) is 9.38. The van der Waals surface area contributed by atoms with Gasteiger partial charge < -0.3 is 14.8 Å². The van der Waals surface area contributed by atoms with Gasteiger partial charge in [0.2, 0.25) is 11.5 Å². The number of benzene rings is 1. The maximum Gasteiger partial charge on any atom is 0.453 e. The fourth-order valence-corrected chi connectivity index (χ4v) is 1.64. The third-order valence-electron chi connectivity index (χ3n) is 2.35. The average Bonchev–Trinajstić information content (AvgIpc) is 2.40. The molecule has 1 aliphatic rings. The van der Waals surface area contributed by atoms with Crippen molar-refractivity contribution in [1.29, 1.82) is 0 Å². The zero-order chi connectivity index (χ0) is 14.8. The molecule has 0 unspecified atom stereocenters. The van der Waals surface area contributed by atoms with E-state index in [1.54, 1.807) is 0 Å². The van der Waals surface area contributed by atoms with E-state index in [1.165, 1.54) is 24.3 Å². The summed E-state index contributed by atoms with van der Waals surface area (Å²) in [4.78, 5) is 11.8. The fourth-order valence-electron chi connectivity index (χ4n) is 1.52. The molecule has 0 aromatic heterocycles. The van der Waals surface area contributed by atoms with Crippen molar-refractivity contribution in [1.82, 2.24) is 0 Å². The number of ether oxygens (including phenoxy) is 2. The van der Waals surface area contributed by atoms with Crippen LogP contribution in [0.4, 0.5) is 18.9 Å². The van der Waals surface area contributed by atoms with Gasteiger partial charge in [0, 0.05) is 10.7 Å². The molecular weight excluding hydrogens is 299 g/mol. The van der Waals surface area contributed by atoms with Crippen molar-refractivity contribution in [2.75, 3.05) is 18.5 Å². The quantitative estimate of drug-likeness (QED) is 0.913. The number of anilines is 1. The van der Waals surface area contributed by atoms with Gasteiger partial charge in [0.15, 0.2) is 0 Å². The molecule has 0 saturated heterocycles. The number of hydrogen-bond donors (Lipinski definition) is 1. The van der Waals surface area contributed by atoms with Crippen LogP contribution in [0.1, 0.15) is 0 Å². The molecule has 2 rings (SSSR count). The summed E-state index contributed by atoms with van der Waals surface area (Å²) in [5.41, 5.74) is 0.294. The molecule has 108 valence electrons. The Hall–Kier alpha value is -1.89. The first-order valence-electron chi connectivity index (χ1n) is 5.52. The Morgan fingerprint density at radius 2 is 1.75 bits per heavy atom. The summed E-state index contributed by atoms with van der Waals surface area (Å²) in [7, 11) is 0. The lowest BCUT2D eigenvalue weighted by atomic mass is 10.3. The second-order valence-corrected chi connectivity index (χ2v) is 4.25. The van der Waals surface area contributed by atoms with Crippen LogP contribution in [-0.2, 0) is 14.3 Å². The van der Waals surface area contributed by atoms with E-state index in [0.29, 0.717) is 10.7 Å². The molecule has 1 aromatic rings. The van der Waals surface area contributed by atoms with Crippen LogP contribution >= 0.6 is 11.6 Å². The van der Waals surface area contributed by atoms with Gasteiger partial charge in [0.25, 0.3) is 5.91 Å². The molecule has 0 radical (unpaired) electrons. The van der Waals surface area contributed by atoms with E-state index in [4.69, 9.17) is 16.3 Å². The molecule has 0 bridgehead atoms. The highest BCUT2D eigenvalue weighted by atomic mass is 35.5. The number of carbonyl (C=O) groups excluding carboxylic acids is 1. The Bertz CT molecular complexity index is 540. The summed E-state index contributed by atoms with van der Waals surface area (Å²) in [6, 6.07) is 5.90. The van der Waals surface area contributed by atoms with Gasteiger partial charge in [-0.25, -0.2) is 0 Å². The van der Waals surface area contributed by atoms with Gasteiger partial charge in [0.1, 0.15) is 13.2 Å². The molecule has 20 heavy (non-hydrogen) atoms. The highest BCUT2D eigenvalue weighted by molar-refractivity contribution is 6.30. The highest BCUT2D eigenvalue weighted by Gasteiger charge is 2.43. The Morgan fingerprint density at radius 1 is 1.15 bits per heavy atom. The van der Waals surface area contributed by atoms with Gasteiger partial charge >= 0.3 is 6.18 Å². The lowest BCUT2D eigenvalue weighted by molar-refractivity contribution is -0.151. The Kier molecular flexibility index (Phi) is 4.08. The summed E-state index contributed by atoms with van der Waals surface area (Å²) in [5.74, 6) is -3.33. The van der Waals surface area contributed by atoms with Gasteiger partial charge in [-0.1, -0.05) is 11.6 Å². The van der Waals surface area contributed by atoms with Crippen LogP contribution in [0.2, 0.25) is 5.02 Å². The Morgan fingerprint density at radius 3 is 2.35 bits per heavy atom. The normalized spacial score (nSPS) is 15.4. The molecule has 1 heterocycles. The first kappa shape index (κ1) is 14.5. The Balaban J connectivity index is 2.22. The summed E-state index contributed by atoms with van der Waals surface area (Å²) >= 11 is 5.66. The van der Waals surface area contributed by atoms with Crippen molar-refractivity contribution in [3.05, 3.63) is 40.8 Å². The topological polar surface area (TPSA) is 47.6 Å². The predicted octanol–water partition coefficient (Wildman–Crippen LogP) is 3.10. The van der Waals surface area contributed by atoms with Crippen molar-refractivity contribution in [3.8, 4) is 0 Å². The summed E-state index contributed by atoms with van der Waals surface area (Å²) < 4.78 is 47.3. The molecule has 0 aliphatic carbocycles. The maximum absolute atomic E-state index is 12.7. The van der Waals surface area contributed by atoms with Crippen LogP contribution in [0.15, 0.2) is 35.8 Å². The minimum atomic E-state index is -4.78. The second-order valence-electron chi connectivity index (χ2n) is 3.81. The predicted molar refractivity (Wildman–Crippen MR) is 65.1 cm³/mol. The number of rotatable bonds is 2. The van der Waals surface area contributed by atoms with E-state index < -0.39 is 23.6 Å². The monoisotopic (exact) mass is 307 g/mol. The van der Waals surface area contributed by atoms with Gasteiger partial charge in [-0.05, 0) is 24.3 Å². The van der Waals surface area contributed by atoms with Crippen molar-refractivity contribution < 1.29 is 27.4 Å². The number of hydrogen-bond acceptors (Lipinski definition) is 3. The molecule has 0 saturated carbocycles. The van der Waals surface area contributed by atoms with Gasteiger partial charge in [-0.2, -0.15) is 13.2 Å². The van der Waals surface area contributed by atoms with E-state index in [2.05, 4.69) is 10.1 Å². The van der Waals surface area contributed by atoms with E-state index in [0.717, 1.165) is 0 Å². The maximum atomic E-state index is 12.7. The lowest BCUT2D eigenvalue weighted by Crippen LogP contribution is -2.30. The largest absolute Gasteiger partial charge is 0.483 e. The number of amides is 1. The van der Waals surface area contributed by atoms with Crippen molar-refractivity contribution >= 4 is 23.2 Å². The summed E-state index contributed by atoms with van der Waals surface area (Å²) in [6.07, 6.45) is -4.78. The van der Waals surface area contributed by atoms with Crippen LogP contribution < -0.4 is 5.32 Å². The minimum Gasteiger partial charge on any atom is -0.483 e. The number of nitrogens with one attached hydrogen (secondary N) is 1. The van der Waals surface area contributed by atoms with E-state index in [1.807, 2.05) is 0 Å². The number of halogens is 4. The minimum absolute atomic E-state index is 0.122. The van der Waals surface area contributed by atoms with Crippen molar-refractivity contribution in [2.24, 2.45) is 0 Å². The van der Waals surface area contributed by atoms with E-state index in [9.17, 15) is 18.0 Å². The molecule has 1 aliphatic heterocycles. The zero-order valence-electron chi connectivity index (χ0n) is 9.96. The zero-order valence-corrected chi connectivity index (χ0v) is 10.7. The summed E-state index contributed by atoms with van der Waals surface area (Å²) in [5, 5.41) is 2.72. The third-order valence-corrected chi connectivity index (χ3v) is 2.60. The van der Waals surface area contributed by atoms with Crippen LogP contribution in [0.25, 0.3) is 0 Å². The molecule has 0 fully saturated rings. The molecule has 0 atom stereocenters. The van der Waals surface area contributed by atoms with Gasteiger partial charge in [0.05, 0.1) is 0 Å². The Labute approximate surface area is 117 Å². The average molecular weight is 308 g/mol. The number of allylic oxidation sites excluding steroid dienone is 1. The van der Waals surface area contributed by atoms with Crippen molar-refractivity contribution in [2.45, 2.75) is 6.18 Å². The van der Waals surface area contributed by atoms with E-state index >= 15 is 0 Å². The molecule has 0 spiro atoms. The molecule has 1 amide bonds. The van der Waals surface area contributed by atoms with Crippen LogP contribution in [-0.4, -0.2) is 25.3 Å². The third kappa shape index (κ3) is 3.36. The standard InChI is InChI=1S/C12H9ClF3NO3/c13-7-1-3-8(4-2-7)17-11(18)9-10(12(14,15)16)20-6-5-19-9/h1-4H,5-6H2,(H,17,18). The lowest BCUT2D eigenvalue weighted by Gasteiger charge is -2.22. The molecular formula is C12H9ClF3NO3. The molecule has 8 heteroatoms. The van der Waals surface area contributed by atoms with Gasteiger partial charge in [-0.3, -0.25) is 4.79 Å². The van der Waals surface area contributed by atoms with Crippen LogP contribution in [0, 0.1) is 0 Å². The highest BCUT2D eigenvalue weighted by Crippen LogP contribution is 2.32. The van der Waals surface area contributed by atoms with Crippen LogP contribution in [0.5, 0.6) is 0 Å². The summed E-state index contributed by atoms with van der Waals surface area (Å²) in [6.45, 7) is -0.379. The van der Waals surface area contributed by atoms with Gasteiger partial charge in [-0.15, -0.1) is 0 Å². The first-order valence-corrected chi connectivity index (χ1v) is 5.89. The van der Waals surface area contributed by atoms with Crippen molar-refractivity contribution in [3.63, 3.8) is 0 Å². The van der Waals surface area contributed by atoms with Crippen LogP contribution in [0.3, 0.4) is 0 Å². The number of carbonyl (C=O) groups is 1. The molecule has 1 N–H and O–H groups in total. The molecule has 4 nitrogen and oxygen atoms in total. The second kappa shape index (κ2) is 5.62. The number of alkyl halides is 3.